The number of aromatic amines is 1. The second-order valence-corrected chi connectivity index (χ2v) is 13.1. The van der Waals surface area contributed by atoms with Crippen molar-refractivity contribution in [3.05, 3.63) is 18.6 Å². The molecule has 11 nitrogen and oxygen atoms in total. The Kier molecular flexibility index (Phi) is 5.44. The number of rotatable bonds is 7. The Morgan fingerprint density at radius 2 is 2.09 bits per heavy atom. The Balaban J connectivity index is 1.37. The van der Waals surface area contributed by atoms with Gasteiger partial charge in [0.05, 0.1) is 29.0 Å². The van der Waals surface area contributed by atoms with E-state index in [1.54, 1.807) is 4.31 Å². The minimum absolute atomic E-state index is 0.00372. The highest BCUT2D eigenvalue weighted by Crippen LogP contribution is 2.47. The Bertz CT molecular complexity index is 1210. The van der Waals surface area contributed by atoms with Crippen molar-refractivity contribution in [3.63, 3.8) is 0 Å². The fraction of sp³-hybridized carbons (Fsp3) is 0.684. The maximum Gasteiger partial charge on any atom is 0.282 e. The molecule has 0 aromatic carbocycles. The zero-order chi connectivity index (χ0) is 22.6. The van der Waals surface area contributed by atoms with Crippen LogP contribution in [0.15, 0.2) is 18.6 Å². The second-order valence-electron chi connectivity index (χ2n) is 9.01. The number of H-pyrrole nitrogens is 1. The average molecular weight is 485 g/mol. The lowest BCUT2D eigenvalue weighted by atomic mass is 10.1. The summed E-state index contributed by atoms with van der Waals surface area (Å²) in [6.45, 7) is 1.11. The van der Waals surface area contributed by atoms with E-state index in [1.165, 1.54) is 10.6 Å². The minimum atomic E-state index is -3.85. The lowest BCUT2D eigenvalue weighted by molar-refractivity contribution is 0.210. The van der Waals surface area contributed by atoms with Gasteiger partial charge in [0.1, 0.15) is 17.8 Å². The zero-order valence-corrected chi connectivity index (χ0v) is 19.4. The van der Waals surface area contributed by atoms with E-state index < -0.39 is 25.6 Å². The van der Waals surface area contributed by atoms with Gasteiger partial charge in [-0.05, 0) is 31.2 Å². The summed E-state index contributed by atoms with van der Waals surface area (Å²) in [7, 11) is -6.95. The summed E-state index contributed by atoms with van der Waals surface area (Å²) >= 11 is 0. The van der Waals surface area contributed by atoms with E-state index in [4.69, 9.17) is 0 Å². The van der Waals surface area contributed by atoms with Crippen LogP contribution in [-0.4, -0.2) is 102 Å². The predicted molar refractivity (Wildman–Crippen MR) is 119 cm³/mol. The number of piperazine rings is 1. The second kappa shape index (κ2) is 7.90. The van der Waals surface area contributed by atoms with Gasteiger partial charge in [-0.25, -0.2) is 18.4 Å². The smallest absolute Gasteiger partial charge is 0.282 e. The Morgan fingerprint density at radius 1 is 1.28 bits per heavy atom. The van der Waals surface area contributed by atoms with Gasteiger partial charge in [-0.3, -0.25) is 0 Å². The van der Waals surface area contributed by atoms with Gasteiger partial charge >= 0.3 is 0 Å². The van der Waals surface area contributed by atoms with Crippen molar-refractivity contribution < 1.29 is 21.9 Å². The van der Waals surface area contributed by atoms with E-state index in [1.807, 2.05) is 12.3 Å². The maximum absolute atomic E-state index is 13.6. The number of aromatic nitrogens is 3. The number of anilines is 1. The number of hydrogen-bond acceptors (Lipinski definition) is 8. The van der Waals surface area contributed by atoms with E-state index in [9.17, 15) is 21.9 Å². The van der Waals surface area contributed by atoms with Gasteiger partial charge < -0.3 is 15.0 Å². The van der Waals surface area contributed by atoms with Crippen LogP contribution in [0.3, 0.4) is 0 Å². The number of aliphatic hydroxyl groups is 1. The third kappa shape index (κ3) is 3.89. The zero-order valence-electron chi connectivity index (χ0n) is 17.7. The van der Waals surface area contributed by atoms with Gasteiger partial charge in [0.2, 0.25) is 0 Å². The number of nitrogens with zero attached hydrogens (tertiary/aromatic N) is 5. The van der Waals surface area contributed by atoms with Crippen molar-refractivity contribution in [2.75, 3.05) is 55.7 Å². The molecule has 2 aliphatic heterocycles. The minimum Gasteiger partial charge on any atom is -0.395 e. The Morgan fingerprint density at radius 3 is 2.78 bits per heavy atom. The van der Waals surface area contributed by atoms with Crippen molar-refractivity contribution in [3.8, 4) is 0 Å². The number of aliphatic hydroxyl groups excluding tert-OH is 1. The van der Waals surface area contributed by atoms with Crippen LogP contribution in [-0.2, 0) is 20.0 Å². The molecule has 2 saturated heterocycles. The molecule has 4 heterocycles. The summed E-state index contributed by atoms with van der Waals surface area (Å²) in [5.74, 6) is 0.660. The van der Waals surface area contributed by atoms with Gasteiger partial charge in [0.25, 0.3) is 10.2 Å². The third-order valence-electron chi connectivity index (χ3n) is 6.79. The molecule has 0 amide bonds. The van der Waals surface area contributed by atoms with E-state index in [2.05, 4.69) is 19.9 Å². The van der Waals surface area contributed by atoms with Gasteiger partial charge in [-0.15, -0.1) is 0 Å². The first-order valence-electron chi connectivity index (χ1n) is 10.9. The summed E-state index contributed by atoms with van der Waals surface area (Å²) in [6.07, 6.45) is 5.30. The van der Waals surface area contributed by atoms with Gasteiger partial charge in [-0.1, -0.05) is 0 Å². The van der Waals surface area contributed by atoms with E-state index in [0.717, 1.165) is 29.7 Å². The summed E-state index contributed by atoms with van der Waals surface area (Å²) in [4.78, 5) is 13.9. The first-order valence-corrected chi connectivity index (χ1v) is 14.1. The molecule has 3 fully saturated rings. The molecule has 13 heteroatoms. The quantitative estimate of drug-likeness (QED) is 0.540. The molecule has 176 valence electrons. The van der Waals surface area contributed by atoms with Gasteiger partial charge in [0.15, 0.2) is 9.84 Å². The molecule has 2 aromatic rings. The van der Waals surface area contributed by atoms with Crippen LogP contribution >= 0.6 is 0 Å². The third-order valence-corrected chi connectivity index (χ3v) is 10.7. The summed E-state index contributed by atoms with van der Waals surface area (Å²) < 4.78 is 53.8. The maximum atomic E-state index is 13.6. The summed E-state index contributed by atoms with van der Waals surface area (Å²) in [5.41, 5.74) is 0.246. The van der Waals surface area contributed by atoms with Crippen molar-refractivity contribution in [1.82, 2.24) is 23.6 Å². The lowest BCUT2D eigenvalue weighted by Crippen LogP contribution is -2.60. The van der Waals surface area contributed by atoms with E-state index in [-0.39, 0.29) is 37.1 Å². The van der Waals surface area contributed by atoms with Crippen LogP contribution in [0.2, 0.25) is 0 Å². The molecular formula is C19H28N6O5S2. The molecule has 1 spiro atoms. The highest BCUT2D eigenvalue weighted by Gasteiger charge is 2.57. The number of nitrogens with one attached hydrogen (secondary N) is 1. The fourth-order valence-electron chi connectivity index (χ4n) is 5.02. The van der Waals surface area contributed by atoms with Crippen molar-refractivity contribution in [1.29, 1.82) is 0 Å². The standard InChI is InChI=1S/C19H28N6O5S2/c26-9-8-24(11-15-2-10-31(27,28)12-15)32(29,30)25-7-6-23(13-19(25)3-4-19)18-16-1-5-20-17(16)21-14-22-18/h1,5,14-15,26H,2-4,6-13H2,(H,20,21,22). The van der Waals surface area contributed by atoms with Crippen LogP contribution in [0.4, 0.5) is 5.82 Å². The van der Waals surface area contributed by atoms with Crippen molar-refractivity contribution in [2.45, 2.75) is 24.8 Å². The largest absolute Gasteiger partial charge is 0.395 e. The monoisotopic (exact) mass is 484 g/mol. The molecule has 32 heavy (non-hydrogen) atoms. The van der Waals surface area contributed by atoms with Crippen LogP contribution < -0.4 is 4.90 Å². The number of fused-ring (bicyclic) bond motifs is 1. The van der Waals surface area contributed by atoms with Gasteiger partial charge in [-0.2, -0.15) is 17.0 Å². The van der Waals surface area contributed by atoms with Gasteiger partial charge in [0, 0.05) is 38.9 Å². The molecule has 0 radical (unpaired) electrons. The highest BCUT2D eigenvalue weighted by atomic mass is 32.2. The summed E-state index contributed by atoms with van der Waals surface area (Å²) in [5, 5.41) is 10.4. The van der Waals surface area contributed by atoms with Crippen molar-refractivity contribution in [2.24, 2.45) is 5.92 Å². The van der Waals surface area contributed by atoms with Crippen molar-refractivity contribution >= 4 is 36.9 Å². The molecule has 5 rings (SSSR count). The number of sulfone groups is 1. The topological polar surface area (TPSA) is 140 Å². The first-order chi connectivity index (χ1) is 15.2. The molecule has 1 atom stereocenters. The highest BCUT2D eigenvalue weighted by molar-refractivity contribution is 7.91. The molecular weight excluding hydrogens is 456 g/mol. The van der Waals surface area contributed by atoms with Crippen LogP contribution in [0.25, 0.3) is 11.0 Å². The molecule has 1 aliphatic carbocycles. The Hall–Kier alpha value is -1.80. The molecule has 3 aliphatic rings. The SMILES string of the molecule is O=S1(=O)CCC(CN(CCO)S(=O)(=O)N2CCN(c3ncnc4[nH]ccc34)CC23CC3)C1. The summed E-state index contributed by atoms with van der Waals surface area (Å²) in [6, 6.07) is 1.92. The van der Waals surface area contributed by atoms with Crippen LogP contribution in [0.1, 0.15) is 19.3 Å². The first kappa shape index (κ1) is 22.0. The lowest BCUT2D eigenvalue weighted by Gasteiger charge is -2.43. The van der Waals surface area contributed by atoms with E-state index >= 15 is 0 Å². The van der Waals surface area contributed by atoms with Crippen LogP contribution in [0.5, 0.6) is 0 Å². The van der Waals surface area contributed by atoms with Crippen LogP contribution in [0, 0.1) is 5.92 Å². The fourth-order valence-corrected chi connectivity index (χ4v) is 8.90. The normalized spacial score (nSPS) is 25.2. The average Bonchev–Trinajstić information content (AvgIpc) is 3.18. The molecule has 2 N–H and O–H groups in total. The molecule has 0 bridgehead atoms. The molecule has 1 unspecified atom stereocenters. The number of hydrogen-bond donors (Lipinski definition) is 2. The Labute approximate surface area is 187 Å². The van der Waals surface area contributed by atoms with E-state index in [0.29, 0.717) is 26.1 Å². The molecule has 2 aromatic heterocycles. The molecule has 1 saturated carbocycles. The predicted octanol–water partition coefficient (Wildman–Crippen LogP) is -0.414.